The molecule has 0 bridgehead atoms. The van der Waals surface area contributed by atoms with Crippen LogP contribution in [0, 0.1) is 12.3 Å². The molecule has 3 heteroatoms. The van der Waals surface area contributed by atoms with Crippen molar-refractivity contribution in [2.75, 3.05) is 0 Å². The van der Waals surface area contributed by atoms with Crippen molar-refractivity contribution in [3.8, 4) is 12.3 Å². The second-order valence-electron chi connectivity index (χ2n) is 5.08. The Balaban J connectivity index is 1.85. The Morgan fingerprint density at radius 2 is 1.89 bits per heavy atom. The van der Waals surface area contributed by atoms with Crippen molar-refractivity contribution in [2.45, 2.75) is 44.2 Å². The van der Waals surface area contributed by atoms with Gasteiger partial charge in [0.1, 0.15) is 5.54 Å². The number of benzene rings is 1. The Labute approximate surface area is 114 Å². The highest BCUT2D eigenvalue weighted by Crippen LogP contribution is 2.27. The number of amides is 2. The second-order valence-corrected chi connectivity index (χ2v) is 5.08. The second kappa shape index (κ2) is 6.29. The van der Waals surface area contributed by atoms with Gasteiger partial charge in [-0.3, -0.25) is 0 Å². The molecule has 1 aliphatic carbocycles. The van der Waals surface area contributed by atoms with Gasteiger partial charge in [-0.15, -0.1) is 6.42 Å². The number of rotatable bonds is 3. The molecule has 0 aliphatic heterocycles. The normalized spacial score (nSPS) is 17.2. The smallest absolute Gasteiger partial charge is 0.316 e. The fourth-order valence-electron chi connectivity index (χ4n) is 2.50. The number of carbonyl (C=O) groups is 1. The summed E-state index contributed by atoms with van der Waals surface area (Å²) in [6, 6.07) is 9.66. The summed E-state index contributed by atoms with van der Waals surface area (Å²) in [6.07, 6.45) is 10.7. The zero-order valence-electron chi connectivity index (χ0n) is 11.1. The van der Waals surface area contributed by atoms with E-state index in [1.54, 1.807) is 0 Å². The molecule has 2 amide bonds. The first-order chi connectivity index (χ1) is 9.24. The average molecular weight is 256 g/mol. The summed E-state index contributed by atoms with van der Waals surface area (Å²) in [4.78, 5) is 11.9. The fraction of sp³-hybridized carbons (Fsp3) is 0.438. The molecule has 0 heterocycles. The maximum Gasteiger partial charge on any atom is 0.316 e. The third-order valence-corrected chi connectivity index (χ3v) is 3.63. The molecule has 1 aromatic rings. The molecule has 0 spiro atoms. The van der Waals surface area contributed by atoms with Crippen molar-refractivity contribution >= 4 is 6.03 Å². The molecule has 1 fully saturated rings. The van der Waals surface area contributed by atoms with E-state index in [4.69, 9.17) is 6.42 Å². The Bertz CT molecular complexity index is 455. The molecule has 1 aliphatic rings. The lowest BCUT2D eigenvalue weighted by atomic mass is 9.82. The van der Waals surface area contributed by atoms with Crippen LogP contribution in [0.3, 0.4) is 0 Å². The molecule has 1 aromatic carbocycles. The van der Waals surface area contributed by atoms with E-state index in [-0.39, 0.29) is 6.03 Å². The predicted octanol–water partition coefficient (Wildman–Crippen LogP) is 2.82. The Morgan fingerprint density at radius 1 is 1.21 bits per heavy atom. The third kappa shape index (κ3) is 3.75. The van der Waals surface area contributed by atoms with Crippen molar-refractivity contribution in [3.63, 3.8) is 0 Å². The molecular formula is C16H20N2O. The molecule has 19 heavy (non-hydrogen) atoms. The average Bonchev–Trinajstić information content (AvgIpc) is 2.47. The quantitative estimate of drug-likeness (QED) is 0.802. The topological polar surface area (TPSA) is 41.1 Å². The summed E-state index contributed by atoms with van der Waals surface area (Å²) >= 11 is 0. The molecule has 0 radical (unpaired) electrons. The Kier molecular flexibility index (Phi) is 4.46. The van der Waals surface area contributed by atoms with Crippen molar-refractivity contribution < 1.29 is 4.79 Å². The third-order valence-electron chi connectivity index (χ3n) is 3.63. The van der Waals surface area contributed by atoms with Crippen molar-refractivity contribution in [3.05, 3.63) is 35.9 Å². The zero-order valence-corrected chi connectivity index (χ0v) is 11.1. The standard InChI is InChI=1S/C16H20N2O/c1-2-16(11-7-4-8-12-16)18-15(19)17-13-14-9-5-3-6-10-14/h1,3,5-6,9-10H,4,7-8,11-13H2,(H2,17,18,19). The maximum absolute atomic E-state index is 11.9. The van der Waals surface area contributed by atoms with Crippen LogP contribution >= 0.6 is 0 Å². The first-order valence-corrected chi connectivity index (χ1v) is 6.82. The summed E-state index contributed by atoms with van der Waals surface area (Å²) in [5.74, 6) is 2.77. The first-order valence-electron chi connectivity index (χ1n) is 6.82. The van der Waals surface area contributed by atoms with Crippen LogP contribution in [-0.2, 0) is 6.54 Å². The highest BCUT2D eigenvalue weighted by Gasteiger charge is 2.31. The monoisotopic (exact) mass is 256 g/mol. The zero-order chi connectivity index (χ0) is 13.6. The first kappa shape index (κ1) is 13.5. The Hall–Kier alpha value is -1.95. The van der Waals surface area contributed by atoms with E-state index in [1.165, 1.54) is 6.42 Å². The molecule has 0 saturated heterocycles. The van der Waals surface area contributed by atoms with E-state index in [0.717, 1.165) is 31.2 Å². The molecule has 100 valence electrons. The van der Waals surface area contributed by atoms with Gasteiger partial charge in [0.15, 0.2) is 0 Å². The van der Waals surface area contributed by atoms with Gasteiger partial charge in [0, 0.05) is 6.54 Å². The van der Waals surface area contributed by atoms with Gasteiger partial charge >= 0.3 is 6.03 Å². The van der Waals surface area contributed by atoms with Gasteiger partial charge in [0.05, 0.1) is 0 Å². The van der Waals surface area contributed by atoms with Gasteiger partial charge in [0.25, 0.3) is 0 Å². The van der Waals surface area contributed by atoms with Crippen LogP contribution in [0.25, 0.3) is 0 Å². The summed E-state index contributed by atoms with van der Waals surface area (Å²) < 4.78 is 0. The van der Waals surface area contributed by atoms with Crippen molar-refractivity contribution in [1.29, 1.82) is 0 Å². The summed E-state index contributed by atoms with van der Waals surface area (Å²) in [5, 5.41) is 5.83. The largest absolute Gasteiger partial charge is 0.334 e. The van der Waals surface area contributed by atoms with E-state index >= 15 is 0 Å². The van der Waals surface area contributed by atoms with E-state index in [1.807, 2.05) is 30.3 Å². The number of terminal acetylenes is 1. The van der Waals surface area contributed by atoms with E-state index in [9.17, 15) is 4.79 Å². The van der Waals surface area contributed by atoms with E-state index in [0.29, 0.717) is 6.54 Å². The van der Waals surface area contributed by atoms with Gasteiger partial charge in [-0.25, -0.2) is 4.79 Å². The summed E-state index contributed by atoms with van der Waals surface area (Å²) in [6.45, 7) is 0.521. The molecule has 3 nitrogen and oxygen atoms in total. The SMILES string of the molecule is C#CC1(NC(=O)NCc2ccccc2)CCCCC1. The minimum Gasteiger partial charge on any atom is -0.334 e. The van der Waals surface area contributed by atoms with Crippen molar-refractivity contribution in [2.24, 2.45) is 0 Å². The van der Waals surface area contributed by atoms with E-state index in [2.05, 4.69) is 16.6 Å². The van der Waals surface area contributed by atoms with Crippen LogP contribution in [0.4, 0.5) is 4.79 Å². The lowest BCUT2D eigenvalue weighted by Crippen LogP contribution is -2.52. The highest BCUT2D eigenvalue weighted by atomic mass is 16.2. The molecule has 1 saturated carbocycles. The van der Waals surface area contributed by atoms with Crippen LogP contribution in [0.5, 0.6) is 0 Å². The van der Waals surface area contributed by atoms with Gasteiger partial charge in [0.2, 0.25) is 0 Å². The molecule has 0 unspecified atom stereocenters. The summed E-state index contributed by atoms with van der Waals surface area (Å²) in [7, 11) is 0. The van der Waals surface area contributed by atoms with E-state index < -0.39 is 5.54 Å². The molecule has 2 rings (SSSR count). The lowest BCUT2D eigenvalue weighted by molar-refractivity contribution is 0.222. The molecule has 2 N–H and O–H groups in total. The van der Waals surface area contributed by atoms with Gasteiger partial charge < -0.3 is 10.6 Å². The highest BCUT2D eigenvalue weighted by molar-refractivity contribution is 5.75. The minimum atomic E-state index is -0.445. The van der Waals surface area contributed by atoms with Gasteiger partial charge in [-0.2, -0.15) is 0 Å². The van der Waals surface area contributed by atoms with Crippen LogP contribution in [-0.4, -0.2) is 11.6 Å². The minimum absolute atomic E-state index is 0.177. The number of urea groups is 1. The van der Waals surface area contributed by atoms with Crippen LogP contribution in [0.2, 0.25) is 0 Å². The lowest BCUT2D eigenvalue weighted by Gasteiger charge is -2.33. The van der Waals surface area contributed by atoms with Crippen LogP contribution in [0.15, 0.2) is 30.3 Å². The molecule has 0 aromatic heterocycles. The number of hydrogen-bond donors (Lipinski definition) is 2. The summed E-state index contributed by atoms with van der Waals surface area (Å²) in [5.41, 5.74) is 0.634. The predicted molar refractivity (Wildman–Crippen MR) is 76.5 cm³/mol. The Morgan fingerprint density at radius 3 is 2.53 bits per heavy atom. The number of hydrogen-bond acceptors (Lipinski definition) is 1. The molecular weight excluding hydrogens is 236 g/mol. The maximum atomic E-state index is 11.9. The van der Waals surface area contributed by atoms with Crippen LogP contribution < -0.4 is 10.6 Å². The molecule has 0 atom stereocenters. The van der Waals surface area contributed by atoms with Crippen LogP contribution in [0.1, 0.15) is 37.7 Å². The number of carbonyl (C=O) groups excluding carboxylic acids is 1. The van der Waals surface area contributed by atoms with Crippen molar-refractivity contribution in [1.82, 2.24) is 10.6 Å². The van der Waals surface area contributed by atoms with Gasteiger partial charge in [-0.1, -0.05) is 55.5 Å². The fourth-order valence-corrected chi connectivity index (χ4v) is 2.50. The number of nitrogens with one attached hydrogen (secondary N) is 2. The van der Waals surface area contributed by atoms with Gasteiger partial charge in [-0.05, 0) is 18.4 Å².